The third kappa shape index (κ3) is 3.65. The zero-order valence-corrected chi connectivity index (χ0v) is 13.6. The van der Waals surface area contributed by atoms with Crippen LogP contribution in [0, 0.1) is 19.8 Å². The quantitative estimate of drug-likeness (QED) is 0.844. The van der Waals surface area contributed by atoms with Gasteiger partial charge in [0.15, 0.2) is 0 Å². The molecule has 0 spiro atoms. The summed E-state index contributed by atoms with van der Waals surface area (Å²) in [5.41, 5.74) is 9.49. The van der Waals surface area contributed by atoms with Crippen molar-refractivity contribution in [3.63, 3.8) is 0 Å². The highest BCUT2D eigenvalue weighted by atomic mass is 16.5. The van der Waals surface area contributed by atoms with E-state index in [0.717, 1.165) is 0 Å². The first-order valence-electron chi connectivity index (χ1n) is 7.93. The summed E-state index contributed by atoms with van der Waals surface area (Å²) in [4.78, 5) is 11.8. The minimum atomic E-state index is -0.561. The maximum atomic E-state index is 11.8. The first kappa shape index (κ1) is 16.0. The molecule has 2 rings (SSSR count). The Hall–Kier alpha value is -1.35. The van der Waals surface area contributed by atoms with Crippen molar-refractivity contribution >= 4 is 5.97 Å². The Balaban J connectivity index is 2.23. The lowest BCUT2D eigenvalue weighted by atomic mass is 9.70. The topological polar surface area (TPSA) is 52.3 Å². The molecular weight excluding hydrogens is 262 g/mol. The summed E-state index contributed by atoms with van der Waals surface area (Å²) in [7, 11) is 0. The molecule has 21 heavy (non-hydrogen) atoms. The molecule has 3 nitrogen and oxygen atoms in total. The average molecular weight is 289 g/mol. The summed E-state index contributed by atoms with van der Waals surface area (Å²) in [6, 6.07) is 5.99. The molecule has 3 heteroatoms. The number of ether oxygens (including phenoxy) is 1. The fourth-order valence-corrected chi connectivity index (χ4v) is 3.25. The fourth-order valence-electron chi connectivity index (χ4n) is 3.25. The lowest BCUT2D eigenvalue weighted by Crippen LogP contribution is -2.37. The maximum absolute atomic E-state index is 11.8. The Morgan fingerprint density at radius 3 is 2.43 bits per heavy atom. The lowest BCUT2D eigenvalue weighted by Gasteiger charge is -2.38. The molecule has 1 saturated carbocycles. The molecule has 1 fully saturated rings. The van der Waals surface area contributed by atoms with Gasteiger partial charge in [-0.1, -0.05) is 30.2 Å². The molecule has 0 aliphatic heterocycles. The summed E-state index contributed by atoms with van der Waals surface area (Å²) in [6.07, 6.45) is 3.59. The number of aryl methyl sites for hydroxylation is 2. The van der Waals surface area contributed by atoms with Crippen LogP contribution in [0.5, 0.6) is 0 Å². The van der Waals surface area contributed by atoms with E-state index < -0.39 is 6.04 Å². The molecular formula is C18H27NO2. The Morgan fingerprint density at radius 2 is 1.95 bits per heavy atom. The van der Waals surface area contributed by atoms with Gasteiger partial charge in [0, 0.05) is 5.92 Å². The van der Waals surface area contributed by atoms with Gasteiger partial charge in [-0.25, -0.2) is 0 Å². The molecule has 1 aliphatic rings. The monoisotopic (exact) mass is 289 g/mol. The van der Waals surface area contributed by atoms with Crippen LogP contribution in [0.25, 0.3) is 0 Å². The predicted octanol–water partition coefficient (Wildman–Crippen LogP) is 3.47. The number of esters is 1. The third-order valence-electron chi connectivity index (χ3n) is 4.62. The van der Waals surface area contributed by atoms with Crippen molar-refractivity contribution in [2.75, 3.05) is 0 Å². The van der Waals surface area contributed by atoms with Gasteiger partial charge in [0.2, 0.25) is 0 Å². The van der Waals surface area contributed by atoms with E-state index in [2.05, 4.69) is 32.0 Å². The van der Waals surface area contributed by atoms with Gasteiger partial charge in [-0.05, 0) is 57.6 Å². The minimum Gasteiger partial charge on any atom is -0.461 e. The number of hydrogen-bond acceptors (Lipinski definition) is 3. The summed E-state index contributed by atoms with van der Waals surface area (Å²) < 4.78 is 5.61. The van der Waals surface area contributed by atoms with Crippen molar-refractivity contribution in [3.05, 3.63) is 34.9 Å². The van der Waals surface area contributed by atoms with E-state index in [1.54, 1.807) is 6.92 Å². The second-order valence-corrected chi connectivity index (χ2v) is 6.51. The van der Waals surface area contributed by atoms with Crippen LogP contribution in [0.1, 0.15) is 55.7 Å². The van der Waals surface area contributed by atoms with Crippen LogP contribution in [-0.4, -0.2) is 18.1 Å². The molecule has 0 radical (unpaired) electrons. The Kier molecular flexibility index (Phi) is 5.04. The zero-order valence-electron chi connectivity index (χ0n) is 13.6. The molecule has 0 unspecified atom stereocenters. The number of carbonyl (C=O) groups is 1. The zero-order chi connectivity index (χ0) is 15.6. The van der Waals surface area contributed by atoms with Crippen molar-refractivity contribution in [2.45, 2.75) is 65.0 Å². The van der Waals surface area contributed by atoms with E-state index >= 15 is 0 Å². The Morgan fingerprint density at radius 1 is 1.29 bits per heavy atom. The first-order chi connectivity index (χ1) is 9.90. The largest absolute Gasteiger partial charge is 0.461 e. The van der Waals surface area contributed by atoms with Crippen LogP contribution in [0.15, 0.2) is 18.2 Å². The van der Waals surface area contributed by atoms with E-state index in [0.29, 0.717) is 5.92 Å². The van der Waals surface area contributed by atoms with Crippen molar-refractivity contribution in [3.8, 4) is 0 Å². The molecule has 3 atom stereocenters. The van der Waals surface area contributed by atoms with Gasteiger partial charge in [0.25, 0.3) is 0 Å². The van der Waals surface area contributed by atoms with E-state index in [4.69, 9.17) is 10.5 Å². The Labute approximate surface area is 127 Å². The molecule has 2 N–H and O–H groups in total. The molecule has 1 aliphatic carbocycles. The van der Waals surface area contributed by atoms with Crippen molar-refractivity contribution in [1.82, 2.24) is 0 Å². The van der Waals surface area contributed by atoms with E-state index in [1.165, 1.54) is 36.0 Å². The molecule has 0 heterocycles. The van der Waals surface area contributed by atoms with Crippen LogP contribution in [-0.2, 0) is 9.53 Å². The smallest absolute Gasteiger partial charge is 0.322 e. The van der Waals surface area contributed by atoms with Gasteiger partial charge < -0.3 is 10.5 Å². The number of hydrogen-bond donors (Lipinski definition) is 1. The number of rotatable bonds is 5. The SMILES string of the molecule is Cc1ccc([C@@H](C2CCC2)[C@H](C)OC(=O)[C@H](C)N)c(C)c1. The Bertz CT molecular complexity index is 506. The number of carbonyl (C=O) groups excluding carboxylic acids is 1. The lowest BCUT2D eigenvalue weighted by molar-refractivity contribution is -0.151. The minimum absolute atomic E-state index is 0.129. The predicted molar refractivity (Wildman–Crippen MR) is 85.2 cm³/mol. The van der Waals surface area contributed by atoms with Gasteiger partial charge in [-0.3, -0.25) is 4.79 Å². The first-order valence-corrected chi connectivity index (χ1v) is 7.93. The second-order valence-electron chi connectivity index (χ2n) is 6.51. The van der Waals surface area contributed by atoms with E-state index in [1.807, 2.05) is 6.92 Å². The fraction of sp³-hybridized carbons (Fsp3) is 0.611. The normalized spacial score (nSPS) is 19.5. The summed E-state index contributed by atoms with van der Waals surface area (Å²) in [5, 5.41) is 0. The van der Waals surface area contributed by atoms with Crippen molar-refractivity contribution in [1.29, 1.82) is 0 Å². The van der Waals surface area contributed by atoms with Crippen LogP contribution >= 0.6 is 0 Å². The van der Waals surface area contributed by atoms with Gasteiger partial charge >= 0.3 is 5.97 Å². The second kappa shape index (κ2) is 6.61. The molecule has 116 valence electrons. The average Bonchev–Trinajstić information content (AvgIpc) is 2.34. The molecule has 1 aromatic carbocycles. The molecule has 1 aromatic rings. The highest BCUT2D eigenvalue weighted by molar-refractivity contribution is 5.75. The number of nitrogens with two attached hydrogens (primary N) is 1. The molecule has 0 saturated heterocycles. The highest BCUT2D eigenvalue weighted by Gasteiger charge is 2.35. The summed E-state index contributed by atoms with van der Waals surface area (Å²) in [5.74, 6) is 0.584. The van der Waals surface area contributed by atoms with Crippen LogP contribution in [0.2, 0.25) is 0 Å². The van der Waals surface area contributed by atoms with Gasteiger partial charge in [-0.15, -0.1) is 0 Å². The molecule has 0 aromatic heterocycles. The highest BCUT2D eigenvalue weighted by Crippen LogP contribution is 2.43. The maximum Gasteiger partial charge on any atom is 0.322 e. The van der Waals surface area contributed by atoms with E-state index in [-0.39, 0.29) is 18.0 Å². The summed E-state index contributed by atoms with van der Waals surface area (Å²) in [6.45, 7) is 7.93. The standard InChI is InChI=1S/C18H27NO2/c1-11-8-9-16(12(2)10-11)17(15-6-5-7-15)14(4)21-18(20)13(3)19/h8-10,13-15,17H,5-7,19H2,1-4H3/t13-,14-,17+/m0/s1. The molecule has 0 bridgehead atoms. The molecule has 0 amide bonds. The number of benzene rings is 1. The summed E-state index contributed by atoms with van der Waals surface area (Å²) >= 11 is 0. The van der Waals surface area contributed by atoms with Crippen LogP contribution in [0.3, 0.4) is 0 Å². The van der Waals surface area contributed by atoms with Crippen molar-refractivity contribution in [2.24, 2.45) is 11.7 Å². The van der Waals surface area contributed by atoms with Crippen LogP contribution in [0.4, 0.5) is 0 Å². The van der Waals surface area contributed by atoms with Gasteiger partial charge in [0.1, 0.15) is 12.1 Å². The third-order valence-corrected chi connectivity index (χ3v) is 4.62. The van der Waals surface area contributed by atoms with E-state index in [9.17, 15) is 4.79 Å². The van der Waals surface area contributed by atoms with Crippen molar-refractivity contribution < 1.29 is 9.53 Å². The van der Waals surface area contributed by atoms with Gasteiger partial charge in [-0.2, -0.15) is 0 Å². The van der Waals surface area contributed by atoms with Crippen LogP contribution < -0.4 is 5.73 Å². The van der Waals surface area contributed by atoms with Gasteiger partial charge in [0.05, 0.1) is 0 Å².